The molecule has 1 aliphatic heterocycles. The van der Waals surface area contributed by atoms with Crippen molar-refractivity contribution in [3.8, 4) is 0 Å². The number of aromatic nitrogens is 2. The van der Waals surface area contributed by atoms with Gasteiger partial charge in [-0.05, 0) is 24.8 Å². The summed E-state index contributed by atoms with van der Waals surface area (Å²) in [5.41, 5.74) is 0.767. The molecule has 0 atom stereocenters. The molecule has 1 N–H and O–H groups in total. The highest BCUT2D eigenvalue weighted by molar-refractivity contribution is 5.91. The summed E-state index contributed by atoms with van der Waals surface area (Å²) >= 11 is 0. The van der Waals surface area contributed by atoms with E-state index in [0.717, 1.165) is 12.4 Å². The van der Waals surface area contributed by atoms with Gasteiger partial charge < -0.3 is 10.2 Å². The molecule has 1 saturated carbocycles. The van der Waals surface area contributed by atoms with E-state index in [4.69, 9.17) is 0 Å². The van der Waals surface area contributed by atoms with Gasteiger partial charge in [-0.1, -0.05) is 31.4 Å². The highest BCUT2D eigenvalue weighted by atomic mass is 16.6. The molecule has 2 fully saturated rings. The van der Waals surface area contributed by atoms with Crippen LogP contribution in [0.15, 0.2) is 36.5 Å². The van der Waals surface area contributed by atoms with Crippen molar-refractivity contribution in [1.29, 1.82) is 0 Å². The fourth-order valence-electron chi connectivity index (χ4n) is 4.62. The molecule has 0 bridgehead atoms. The Morgan fingerprint density at radius 1 is 1.10 bits per heavy atom. The van der Waals surface area contributed by atoms with Crippen molar-refractivity contribution in [2.75, 3.05) is 42.9 Å². The van der Waals surface area contributed by atoms with E-state index in [1.165, 1.54) is 38.2 Å². The van der Waals surface area contributed by atoms with Gasteiger partial charge in [-0.2, -0.15) is 5.10 Å². The Morgan fingerprint density at radius 3 is 2.58 bits per heavy atom. The third-order valence-electron chi connectivity index (χ3n) is 6.30. The number of nitro benzene ring substituents is 1. The summed E-state index contributed by atoms with van der Waals surface area (Å²) in [6.07, 6.45) is 8.10. The Bertz CT molecular complexity index is 900. The van der Waals surface area contributed by atoms with Crippen molar-refractivity contribution in [2.45, 2.75) is 38.6 Å². The van der Waals surface area contributed by atoms with Crippen LogP contribution in [0.2, 0.25) is 0 Å². The smallest absolute Gasteiger partial charge is 0.292 e. The summed E-state index contributed by atoms with van der Waals surface area (Å²) in [4.78, 5) is 27.7. The molecule has 31 heavy (non-hydrogen) atoms. The summed E-state index contributed by atoms with van der Waals surface area (Å²) in [6, 6.07) is 8.67. The van der Waals surface area contributed by atoms with Gasteiger partial charge in [0.2, 0.25) is 5.91 Å². The lowest BCUT2D eigenvalue weighted by atomic mass is 9.89. The molecule has 4 rings (SSSR count). The van der Waals surface area contributed by atoms with Crippen LogP contribution in [0, 0.1) is 16.0 Å². The molecule has 0 spiro atoms. The number of carbonyl (C=O) groups is 1. The quantitative estimate of drug-likeness (QED) is 0.540. The Balaban J connectivity index is 1.27. The number of hydrogen-bond donors (Lipinski definition) is 1. The van der Waals surface area contributed by atoms with E-state index < -0.39 is 0 Å². The minimum Gasteiger partial charge on any atom is -0.363 e. The fourth-order valence-corrected chi connectivity index (χ4v) is 4.62. The Labute approximate surface area is 182 Å². The zero-order valence-electron chi connectivity index (χ0n) is 17.8. The topological polar surface area (TPSA) is 96.5 Å². The fraction of sp³-hybridized carbons (Fsp3) is 0.545. The first-order valence-corrected chi connectivity index (χ1v) is 11.1. The average Bonchev–Trinajstić information content (AvgIpc) is 3.21. The summed E-state index contributed by atoms with van der Waals surface area (Å²) in [5, 5.41) is 18.7. The van der Waals surface area contributed by atoms with Crippen LogP contribution in [0.25, 0.3) is 0 Å². The average molecular weight is 427 g/mol. The molecule has 0 radical (unpaired) electrons. The predicted molar refractivity (Wildman–Crippen MR) is 119 cm³/mol. The first-order chi connectivity index (χ1) is 15.1. The predicted octanol–water partition coefficient (Wildman–Crippen LogP) is 3.13. The molecule has 2 aromatic rings. The first kappa shape index (κ1) is 21.3. The maximum absolute atomic E-state index is 12.6. The molecular formula is C22H30N6O3. The van der Waals surface area contributed by atoms with Gasteiger partial charge in [0, 0.05) is 44.9 Å². The van der Waals surface area contributed by atoms with Crippen molar-refractivity contribution >= 4 is 23.1 Å². The van der Waals surface area contributed by atoms with E-state index >= 15 is 0 Å². The number of nitrogens with one attached hydrogen (secondary N) is 1. The van der Waals surface area contributed by atoms with Crippen LogP contribution in [-0.4, -0.2) is 58.2 Å². The molecule has 9 heteroatoms. The maximum Gasteiger partial charge on any atom is 0.292 e. The van der Waals surface area contributed by atoms with E-state index in [1.54, 1.807) is 18.3 Å². The molecule has 2 heterocycles. The van der Waals surface area contributed by atoms with Crippen molar-refractivity contribution < 1.29 is 9.72 Å². The summed E-state index contributed by atoms with van der Waals surface area (Å²) < 4.78 is 1.92. The molecule has 2 aliphatic rings. The highest BCUT2D eigenvalue weighted by Gasteiger charge is 2.24. The lowest BCUT2D eigenvalue weighted by molar-refractivity contribution is -0.384. The number of rotatable bonds is 7. The van der Waals surface area contributed by atoms with Crippen LogP contribution in [0.1, 0.15) is 32.1 Å². The van der Waals surface area contributed by atoms with E-state index in [0.29, 0.717) is 44.3 Å². The molecular weight excluding hydrogens is 396 g/mol. The maximum atomic E-state index is 12.6. The van der Waals surface area contributed by atoms with E-state index in [1.807, 2.05) is 21.7 Å². The lowest BCUT2D eigenvalue weighted by Gasteiger charge is -2.35. The number of hydrogen-bond acceptors (Lipinski definition) is 6. The molecule has 1 saturated heterocycles. The zero-order valence-corrected chi connectivity index (χ0v) is 17.8. The summed E-state index contributed by atoms with van der Waals surface area (Å²) in [5.74, 6) is 1.35. The van der Waals surface area contributed by atoms with Gasteiger partial charge >= 0.3 is 0 Å². The molecule has 9 nitrogen and oxygen atoms in total. The third kappa shape index (κ3) is 5.41. The molecule has 0 unspecified atom stereocenters. The molecule has 166 valence electrons. The number of amides is 1. The van der Waals surface area contributed by atoms with Crippen LogP contribution >= 0.6 is 0 Å². The standard InChI is InChI=1S/C22H30N6O3/c29-22(24-21-10-11-23-27(21)16-18-6-2-1-3-7-18)17-25-12-14-26(15-13-25)19-8-4-5-9-20(19)28(30)31/h4-5,8-11,18H,1-3,6-7,12-17H2,(H,24,29). The number of piperazine rings is 1. The van der Waals surface area contributed by atoms with Crippen LogP contribution in [0.4, 0.5) is 17.2 Å². The van der Waals surface area contributed by atoms with Gasteiger partial charge in [0.15, 0.2) is 0 Å². The number of anilines is 2. The zero-order chi connectivity index (χ0) is 21.6. The van der Waals surface area contributed by atoms with Crippen LogP contribution < -0.4 is 10.2 Å². The summed E-state index contributed by atoms with van der Waals surface area (Å²) in [7, 11) is 0. The number of carbonyl (C=O) groups excluding carboxylic acids is 1. The molecule has 1 aromatic heterocycles. The minimum atomic E-state index is -0.342. The minimum absolute atomic E-state index is 0.0514. The molecule has 1 amide bonds. The monoisotopic (exact) mass is 426 g/mol. The largest absolute Gasteiger partial charge is 0.363 e. The van der Waals surface area contributed by atoms with Crippen molar-refractivity contribution in [3.05, 3.63) is 46.6 Å². The van der Waals surface area contributed by atoms with Crippen LogP contribution in [0.3, 0.4) is 0 Å². The van der Waals surface area contributed by atoms with Crippen LogP contribution in [-0.2, 0) is 11.3 Å². The highest BCUT2D eigenvalue weighted by Crippen LogP contribution is 2.28. The number of nitro groups is 1. The van der Waals surface area contributed by atoms with Crippen LogP contribution in [0.5, 0.6) is 0 Å². The van der Waals surface area contributed by atoms with Gasteiger partial charge in [-0.25, -0.2) is 4.68 Å². The second-order valence-corrected chi connectivity index (χ2v) is 8.46. The summed E-state index contributed by atoms with van der Waals surface area (Å²) in [6.45, 7) is 3.83. The van der Waals surface area contributed by atoms with Gasteiger partial charge in [-0.3, -0.25) is 19.8 Å². The van der Waals surface area contributed by atoms with Gasteiger partial charge in [0.25, 0.3) is 5.69 Å². The second kappa shape index (κ2) is 9.91. The first-order valence-electron chi connectivity index (χ1n) is 11.1. The van der Waals surface area contributed by atoms with E-state index in [9.17, 15) is 14.9 Å². The van der Waals surface area contributed by atoms with E-state index in [2.05, 4.69) is 15.3 Å². The van der Waals surface area contributed by atoms with Gasteiger partial charge in [0.1, 0.15) is 11.5 Å². The number of nitrogens with zero attached hydrogens (tertiary/aromatic N) is 5. The number of benzene rings is 1. The Morgan fingerprint density at radius 2 is 1.84 bits per heavy atom. The SMILES string of the molecule is O=C(CN1CCN(c2ccccc2[N+](=O)[O-])CC1)Nc1ccnn1CC1CCCCC1. The second-order valence-electron chi connectivity index (χ2n) is 8.46. The van der Waals surface area contributed by atoms with Gasteiger partial charge in [0.05, 0.1) is 17.7 Å². The van der Waals surface area contributed by atoms with Crippen molar-refractivity contribution in [1.82, 2.24) is 14.7 Å². The van der Waals surface area contributed by atoms with Crippen molar-refractivity contribution in [2.24, 2.45) is 5.92 Å². The normalized spacial score (nSPS) is 18.1. The Kier molecular flexibility index (Phi) is 6.81. The molecule has 1 aliphatic carbocycles. The third-order valence-corrected chi connectivity index (χ3v) is 6.30. The number of para-hydroxylation sites is 2. The molecule has 1 aromatic carbocycles. The van der Waals surface area contributed by atoms with Gasteiger partial charge in [-0.15, -0.1) is 0 Å². The van der Waals surface area contributed by atoms with Crippen molar-refractivity contribution in [3.63, 3.8) is 0 Å². The lowest BCUT2D eigenvalue weighted by Crippen LogP contribution is -2.48. The van der Waals surface area contributed by atoms with E-state index in [-0.39, 0.29) is 16.5 Å². The Hall–Kier alpha value is -2.94.